The number of hydrogen-bond donors (Lipinski definition) is 0. The fraction of sp³-hybridized carbons (Fsp3) is 0.0952. The van der Waals surface area contributed by atoms with E-state index in [0.717, 1.165) is 16.9 Å². The third kappa shape index (κ3) is 2.82. The number of benzene rings is 2. The van der Waals surface area contributed by atoms with Crippen molar-refractivity contribution in [3.63, 3.8) is 0 Å². The lowest BCUT2D eigenvalue weighted by Gasteiger charge is -2.22. The number of thiazole rings is 1. The highest BCUT2D eigenvalue weighted by molar-refractivity contribution is 7.15. The van der Waals surface area contributed by atoms with E-state index < -0.39 is 0 Å². The Morgan fingerprint density at radius 3 is 2.79 bits per heavy atom. The zero-order valence-electron chi connectivity index (χ0n) is 14.8. The number of para-hydroxylation sites is 1. The van der Waals surface area contributed by atoms with Crippen LogP contribution in [0.4, 0.5) is 0 Å². The summed E-state index contributed by atoms with van der Waals surface area (Å²) in [7, 11) is 0. The zero-order valence-corrected chi connectivity index (χ0v) is 16.4. The first-order chi connectivity index (χ1) is 13.6. The standard InChI is InChI=1S/C21H14ClN3O2S/c1-12-14(10-13-6-2-5-9-17(13)27-12)11-18-20(26)25-21(28-18)23-19(24-25)15-7-3-4-8-16(15)22/h2-12H,1H3/b18-11-/t12-/m0/s1. The first-order valence-corrected chi connectivity index (χ1v) is 9.93. The van der Waals surface area contributed by atoms with Crippen LogP contribution in [0.1, 0.15) is 12.5 Å². The van der Waals surface area contributed by atoms with Crippen molar-refractivity contribution in [2.24, 2.45) is 0 Å². The summed E-state index contributed by atoms with van der Waals surface area (Å²) in [5.74, 6) is 1.30. The summed E-state index contributed by atoms with van der Waals surface area (Å²) in [6.07, 6.45) is 3.77. The van der Waals surface area contributed by atoms with Crippen LogP contribution in [-0.4, -0.2) is 20.7 Å². The summed E-state index contributed by atoms with van der Waals surface area (Å²) < 4.78 is 7.85. The van der Waals surface area contributed by atoms with Crippen molar-refractivity contribution < 1.29 is 4.74 Å². The molecule has 3 heterocycles. The highest BCUT2D eigenvalue weighted by atomic mass is 35.5. The third-order valence-corrected chi connectivity index (χ3v) is 5.90. The van der Waals surface area contributed by atoms with Gasteiger partial charge in [-0.1, -0.05) is 53.3 Å². The Bertz CT molecular complexity index is 1360. The molecule has 1 atom stereocenters. The van der Waals surface area contributed by atoms with Crippen molar-refractivity contribution >= 4 is 40.1 Å². The number of fused-ring (bicyclic) bond motifs is 2. The topological polar surface area (TPSA) is 56.5 Å². The molecule has 4 aromatic rings. The van der Waals surface area contributed by atoms with E-state index in [-0.39, 0.29) is 11.7 Å². The van der Waals surface area contributed by atoms with Crippen molar-refractivity contribution in [3.05, 3.63) is 79.6 Å². The van der Waals surface area contributed by atoms with Gasteiger partial charge in [0, 0.05) is 11.1 Å². The van der Waals surface area contributed by atoms with Gasteiger partial charge in [0.2, 0.25) is 4.96 Å². The lowest BCUT2D eigenvalue weighted by Crippen LogP contribution is -2.26. The summed E-state index contributed by atoms with van der Waals surface area (Å²) in [6.45, 7) is 1.97. The zero-order chi connectivity index (χ0) is 19.3. The first-order valence-electron chi connectivity index (χ1n) is 8.73. The van der Waals surface area contributed by atoms with Crippen molar-refractivity contribution in [2.45, 2.75) is 13.0 Å². The van der Waals surface area contributed by atoms with Gasteiger partial charge in [-0.15, -0.1) is 5.10 Å². The molecule has 0 aliphatic carbocycles. The molecule has 0 saturated carbocycles. The summed E-state index contributed by atoms with van der Waals surface area (Å²) in [5, 5.41) is 4.91. The summed E-state index contributed by atoms with van der Waals surface area (Å²) in [5.41, 5.74) is 2.45. The monoisotopic (exact) mass is 407 g/mol. The molecule has 2 aromatic carbocycles. The van der Waals surface area contributed by atoms with E-state index in [9.17, 15) is 4.79 Å². The second-order valence-corrected chi connectivity index (χ2v) is 7.88. The number of aromatic nitrogens is 3. The SMILES string of the molecule is C[C@@H]1Oc2ccccc2C=C1/C=c1\sc2nc(-c3ccccc3Cl)nn2c1=O. The summed E-state index contributed by atoms with van der Waals surface area (Å²) in [6, 6.07) is 15.2. The van der Waals surface area contributed by atoms with E-state index in [0.29, 0.717) is 25.9 Å². The van der Waals surface area contributed by atoms with E-state index in [4.69, 9.17) is 16.3 Å². The van der Waals surface area contributed by atoms with Gasteiger partial charge in [-0.3, -0.25) is 4.79 Å². The molecule has 1 aliphatic rings. The molecule has 28 heavy (non-hydrogen) atoms. The third-order valence-electron chi connectivity index (χ3n) is 4.61. The van der Waals surface area contributed by atoms with Gasteiger partial charge in [0.15, 0.2) is 5.82 Å². The maximum Gasteiger partial charge on any atom is 0.291 e. The van der Waals surface area contributed by atoms with E-state index in [1.54, 1.807) is 6.07 Å². The highest BCUT2D eigenvalue weighted by Crippen LogP contribution is 2.30. The van der Waals surface area contributed by atoms with Gasteiger partial charge < -0.3 is 4.74 Å². The van der Waals surface area contributed by atoms with Crippen LogP contribution in [-0.2, 0) is 0 Å². The number of ether oxygens (including phenoxy) is 1. The minimum absolute atomic E-state index is 0.143. The molecule has 0 N–H and O–H groups in total. The van der Waals surface area contributed by atoms with E-state index >= 15 is 0 Å². The molecule has 138 valence electrons. The smallest absolute Gasteiger partial charge is 0.291 e. The average Bonchev–Trinajstić information content (AvgIpc) is 3.22. The Morgan fingerprint density at radius 1 is 1.18 bits per heavy atom. The van der Waals surface area contributed by atoms with Gasteiger partial charge in [-0.05, 0) is 42.8 Å². The molecule has 5 rings (SSSR count). The summed E-state index contributed by atoms with van der Waals surface area (Å²) >= 11 is 7.52. The van der Waals surface area contributed by atoms with E-state index in [1.165, 1.54) is 15.9 Å². The Hall–Kier alpha value is -2.96. The van der Waals surface area contributed by atoms with Crippen LogP contribution in [0.15, 0.2) is 58.9 Å². The predicted molar refractivity (Wildman–Crippen MR) is 112 cm³/mol. The van der Waals surface area contributed by atoms with Crippen molar-refractivity contribution in [2.75, 3.05) is 0 Å². The minimum Gasteiger partial charge on any atom is -0.485 e. The lowest BCUT2D eigenvalue weighted by molar-refractivity contribution is 0.259. The largest absolute Gasteiger partial charge is 0.485 e. The molecule has 0 bridgehead atoms. The van der Waals surface area contributed by atoms with Crippen LogP contribution in [0.3, 0.4) is 0 Å². The molecule has 5 nitrogen and oxygen atoms in total. The fourth-order valence-corrected chi connectivity index (χ4v) is 4.29. The Balaban J connectivity index is 1.60. The molecule has 1 aliphatic heterocycles. The van der Waals surface area contributed by atoms with Crippen molar-refractivity contribution in [1.29, 1.82) is 0 Å². The molecule has 7 heteroatoms. The number of halogens is 1. The Morgan fingerprint density at radius 2 is 1.96 bits per heavy atom. The van der Waals surface area contributed by atoms with Crippen LogP contribution in [0.2, 0.25) is 5.02 Å². The van der Waals surface area contributed by atoms with Gasteiger partial charge in [-0.25, -0.2) is 0 Å². The van der Waals surface area contributed by atoms with E-state index in [2.05, 4.69) is 10.1 Å². The van der Waals surface area contributed by atoms with Crippen LogP contribution in [0.5, 0.6) is 5.75 Å². The van der Waals surface area contributed by atoms with Gasteiger partial charge in [-0.2, -0.15) is 9.50 Å². The van der Waals surface area contributed by atoms with Gasteiger partial charge in [0.25, 0.3) is 5.56 Å². The molecule has 0 amide bonds. The Kier molecular flexibility index (Phi) is 4.03. The quantitative estimate of drug-likeness (QED) is 0.506. The summed E-state index contributed by atoms with van der Waals surface area (Å²) in [4.78, 5) is 17.8. The number of nitrogens with zero attached hydrogens (tertiary/aromatic N) is 3. The fourth-order valence-electron chi connectivity index (χ4n) is 3.16. The molecule has 2 aromatic heterocycles. The predicted octanol–water partition coefficient (Wildman–Crippen LogP) is 3.84. The highest BCUT2D eigenvalue weighted by Gasteiger charge is 2.18. The molecular formula is C21H14ClN3O2S. The lowest BCUT2D eigenvalue weighted by atomic mass is 10.0. The van der Waals surface area contributed by atoms with Gasteiger partial charge in [0.1, 0.15) is 11.9 Å². The Labute approximate surface area is 169 Å². The van der Waals surface area contributed by atoms with Crippen LogP contribution in [0, 0.1) is 0 Å². The van der Waals surface area contributed by atoms with Crippen molar-refractivity contribution in [3.8, 4) is 17.1 Å². The number of rotatable bonds is 2. The maximum absolute atomic E-state index is 12.8. The minimum atomic E-state index is -0.197. The van der Waals surface area contributed by atoms with Gasteiger partial charge in [0.05, 0.1) is 9.55 Å². The number of hydrogen-bond acceptors (Lipinski definition) is 5. The normalized spacial score (nSPS) is 16.7. The second-order valence-electron chi connectivity index (χ2n) is 6.47. The first kappa shape index (κ1) is 17.2. The van der Waals surface area contributed by atoms with E-state index in [1.807, 2.05) is 61.5 Å². The molecule has 0 unspecified atom stereocenters. The van der Waals surface area contributed by atoms with Crippen molar-refractivity contribution in [1.82, 2.24) is 14.6 Å². The van der Waals surface area contributed by atoms with Crippen LogP contribution >= 0.6 is 22.9 Å². The van der Waals surface area contributed by atoms with Gasteiger partial charge >= 0.3 is 0 Å². The average molecular weight is 408 g/mol. The maximum atomic E-state index is 12.8. The molecule has 0 spiro atoms. The molecular weight excluding hydrogens is 394 g/mol. The molecule has 0 saturated heterocycles. The van der Waals surface area contributed by atoms with Crippen LogP contribution in [0.25, 0.3) is 28.5 Å². The second kappa shape index (κ2) is 6.58. The molecule has 0 fully saturated rings. The molecule has 0 radical (unpaired) electrons. The van der Waals surface area contributed by atoms with Crippen LogP contribution < -0.4 is 14.8 Å².